The third-order valence-corrected chi connectivity index (χ3v) is 2.80. The Morgan fingerprint density at radius 2 is 2.12 bits per heavy atom. The summed E-state index contributed by atoms with van der Waals surface area (Å²) in [6, 6.07) is 7.47. The van der Waals surface area contributed by atoms with Crippen LogP contribution in [-0.4, -0.2) is 32.1 Å². The predicted octanol–water partition coefficient (Wildman–Crippen LogP) is 1.44. The Labute approximate surface area is 107 Å². The highest BCUT2D eigenvalue weighted by Gasteiger charge is 2.27. The van der Waals surface area contributed by atoms with E-state index < -0.39 is 0 Å². The van der Waals surface area contributed by atoms with Crippen molar-refractivity contribution in [2.24, 2.45) is 0 Å². The average molecular weight is 257 g/mol. The molecule has 4 nitrogen and oxygen atoms in total. The largest absolute Gasteiger partial charge is 0.495 e. The number of amides is 1. The van der Waals surface area contributed by atoms with Crippen molar-refractivity contribution in [2.45, 2.75) is 13.0 Å². The van der Waals surface area contributed by atoms with Crippen LogP contribution in [0.5, 0.6) is 5.75 Å². The number of nitrogens with one attached hydrogen (secondary N) is 1. The Kier molecular flexibility index (Phi) is 4.78. The Hall–Kier alpha value is -1.26. The third-order valence-electron chi connectivity index (χ3n) is 2.80. The number of ether oxygens (including phenoxy) is 1. The van der Waals surface area contributed by atoms with Crippen LogP contribution in [0.4, 0.5) is 5.69 Å². The minimum Gasteiger partial charge on any atom is -0.495 e. The highest BCUT2D eigenvalue weighted by atomic mass is 35.5. The van der Waals surface area contributed by atoms with E-state index in [-0.39, 0.29) is 24.4 Å². The SMILES string of the molecule is COc1ccccc1N1CCNC(C)C1=O.Cl. The van der Waals surface area contributed by atoms with Crippen LogP contribution in [0.25, 0.3) is 0 Å². The van der Waals surface area contributed by atoms with Crippen LogP contribution in [0.2, 0.25) is 0 Å². The molecule has 1 aromatic carbocycles. The lowest BCUT2D eigenvalue weighted by atomic mass is 10.2. The fraction of sp³-hybridized carbons (Fsp3) is 0.417. The molecule has 0 aromatic heterocycles. The van der Waals surface area contributed by atoms with Gasteiger partial charge in [-0.25, -0.2) is 0 Å². The van der Waals surface area contributed by atoms with E-state index in [0.717, 1.165) is 18.0 Å². The Balaban J connectivity index is 0.00000144. The summed E-state index contributed by atoms with van der Waals surface area (Å²) < 4.78 is 5.27. The zero-order chi connectivity index (χ0) is 11.5. The molecule has 5 heteroatoms. The topological polar surface area (TPSA) is 41.6 Å². The van der Waals surface area contributed by atoms with Gasteiger partial charge in [-0.3, -0.25) is 4.79 Å². The molecule has 0 aliphatic carbocycles. The first-order valence-electron chi connectivity index (χ1n) is 5.42. The normalized spacial score (nSPS) is 19.8. The lowest BCUT2D eigenvalue weighted by molar-refractivity contribution is -0.121. The van der Waals surface area contributed by atoms with Gasteiger partial charge in [0.1, 0.15) is 5.75 Å². The number of halogens is 1. The number of carbonyl (C=O) groups is 1. The molecule has 1 N–H and O–H groups in total. The number of para-hydroxylation sites is 2. The van der Waals surface area contributed by atoms with Gasteiger partial charge >= 0.3 is 0 Å². The summed E-state index contributed by atoms with van der Waals surface area (Å²) in [7, 11) is 1.62. The molecule has 0 spiro atoms. The number of carbonyl (C=O) groups excluding carboxylic acids is 1. The zero-order valence-corrected chi connectivity index (χ0v) is 10.8. The second-order valence-electron chi connectivity index (χ2n) is 3.84. The predicted molar refractivity (Wildman–Crippen MR) is 70.1 cm³/mol. The molecule has 1 saturated heterocycles. The molecule has 0 saturated carbocycles. The Bertz CT molecular complexity index is 398. The highest BCUT2D eigenvalue weighted by Crippen LogP contribution is 2.28. The minimum absolute atomic E-state index is 0. The van der Waals surface area contributed by atoms with E-state index in [0.29, 0.717) is 6.54 Å². The van der Waals surface area contributed by atoms with Crippen LogP contribution in [0.15, 0.2) is 24.3 Å². The molecule has 1 atom stereocenters. The van der Waals surface area contributed by atoms with Gasteiger partial charge in [-0.1, -0.05) is 12.1 Å². The second-order valence-corrected chi connectivity index (χ2v) is 3.84. The van der Waals surface area contributed by atoms with E-state index in [1.165, 1.54) is 0 Å². The van der Waals surface area contributed by atoms with Gasteiger partial charge in [0.05, 0.1) is 18.8 Å². The number of piperazine rings is 1. The zero-order valence-electron chi connectivity index (χ0n) is 9.97. The maximum absolute atomic E-state index is 12.0. The molecule has 2 rings (SSSR count). The van der Waals surface area contributed by atoms with Crippen molar-refractivity contribution in [1.29, 1.82) is 0 Å². The quantitative estimate of drug-likeness (QED) is 0.871. The minimum atomic E-state index is -0.126. The number of methoxy groups -OCH3 is 1. The van der Waals surface area contributed by atoms with Crippen LogP contribution < -0.4 is 15.0 Å². The summed E-state index contributed by atoms with van der Waals surface area (Å²) in [4.78, 5) is 13.8. The molecule has 1 aliphatic heterocycles. The number of rotatable bonds is 2. The van der Waals surface area contributed by atoms with Gasteiger partial charge in [-0.05, 0) is 19.1 Å². The smallest absolute Gasteiger partial charge is 0.243 e. The van der Waals surface area contributed by atoms with Crippen molar-refractivity contribution in [2.75, 3.05) is 25.1 Å². The first kappa shape index (κ1) is 13.8. The van der Waals surface area contributed by atoms with Gasteiger partial charge in [0, 0.05) is 13.1 Å². The molecular formula is C12H17ClN2O2. The van der Waals surface area contributed by atoms with Crippen LogP contribution in [0, 0.1) is 0 Å². The van der Waals surface area contributed by atoms with Crippen LogP contribution in [-0.2, 0) is 4.79 Å². The maximum Gasteiger partial charge on any atom is 0.243 e. The Morgan fingerprint density at radius 3 is 2.82 bits per heavy atom. The molecule has 1 unspecified atom stereocenters. The van der Waals surface area contributed by atoms with Crippen molar-refractivity contribution in [3.63, 3.8) is 0 Å². The molecular weight excluding hydrogens is 240 g/mol. The van der Waals surface area contributed by atoms with E-state index in [1.807, 2.05) is 31.2 Å². The van der Waals surface area contributed by atoms with Crippen molar-refractivity contribution in [3.8, 4) is 5.75 Å². The van der Waals surface area contributed by atoms with Gasteiger partial charge < -0.3 is 15.0 Å². The van der Waals surface area contributed by atoms with Gasteiger partial charge in [0.15, 0.2) is 0 Å². The van der Waals surface area contributed by atoms with Crippen LogP contribution in [0.3, 0.4) is 0 Å². The molecule has 0 radical (unpaired) electrons. The first-order chi connectivity index (χ1) is 7.74. The summed E-state index contributed by atoms with van der Waals surface area (Å²) in [5.74, 6) is 0.834. The molecule has 1 fully saturated rings. The van der Waals surface area contributed by atoms with Crippen LogP contribution >= 0.6 is 12.4 Å². The molecule has 17 heavy (non-hydrogen) atoms. The molecule has 1 aromatic rings. The summed E-state index contributed by atoms with van der Waals surface area (Å²) in [5.41, 5.74) is 0.850. The van der Waals surface area contributed by atoms with Gasteiger partial charge in [0.2, 0.25) is 5.91 Å². The van der Waals surface area contributed by atoms with Crippen molar-refractivity contribution in [3.05, 3.63) is 24.3 Å². The van der Waals surface area contributed by atoms with Crippen molar-refractivity contribution >= 4 is 24.0 Å². The molecule has 94 valence electrons. The summed E-state index contributed by atoms with van der Waals surface area (Å²) in [5, 5.41) is 3.14. The summed E-state index contributed by atoms with van der Waals surface area (Å²) in [6.07, 6.45) is 0. The van der Waals surface area contributed by atoms with E-state index in [2.05, 4.69) is 5.32 Å². The molecule has 1 aliphatic rings. The fourth-order valence-electron chi connectivity index (χ4n) is 1.92. The average Bonchev–Trinajstić information content (AvgIpc) is 2.33. The number of anilines is 1. The summed E-state index contributed by atoms with van der Waals surface area (Å²) >= 11 is 0. The molecule has 1 heterocycles. The van der Waals surface area contributed by atoms with Crippen molar-refractivity contribution < 1.29 is 9.53 Å². The van der Waals surface area contributed by atoms with Gasteiger partial charge in [-0.15, -0.1) is 12.4 Å². The highest BCUT2D eigenvalue weighted by molar-refractivity contribution is 5.98. The monoisotopic (exact) mass is 256 g/mol. The third kappa shape index (κ3) is 2.70. The molecule has 0 bridgehead atoms. The maximum atomic E-state index is 12.0. The number of nitrogens with zero attached hydrogens (tertiary/aromatic N) is 1. The van der Waals surface area contributed by atoms with Gasteiger partial charge in [-0.2, -0.15) is 0 Å². The lowest BCUT2D eigenvalue weighted by Crippen LogP contribution is -2.53. The number of hydrogen-bond acceptors (Lipinski definition) is 3. The Morgan fingerprint density at radius 1 is 1.41 bits per heavy atom. The van der Waals surface area contributed by atoms with E-state index >= 15 is 0 Å². The van der Waals surface area contributed by atoms with E-state index in [4.69, 9.17) is 4.74 Å². The molecule has 1 amide bonds. The fourth-order valence-corrected chi connectivity index (χ4v) is 1.92. The summed E-state index contributed by atoms with van der Waals surface area (Å²) in [6.45, 7) is 3.37. The number of hydrogen-bond donors (Lipinski definition) is 1. The lowest BCUT2D eigenvalue weighted by Gasteiger charge is -2.32. The standard InChI is InChI=1S/C12H16N2O2.ClH/c1-9-12(15)14(8-7-13-9)10-5-3-4-6-11(10)16-2;/h3-6,9,13H,7-8H2,1-2H3;1H. The second kappa shape index (κ2) is 5.89. The first-order valence-corrected chi connectivity index (χ1v) is 5.42. The van der Waals surface area contributed by atoms with Crippen LogP contribution in [0.1, 0.15) is 6.92 Å². The van der Waals surface area contributed by atoms with E-state index in [9.17, 15) is 4.79 Å². The number of benzene rings is 1. The van der Waals surface area contributed by atoms with E-state index in [1.54, 1.807) is 12.0 Å². The van der Waals surface area contributed by atoms with Crippen molar-refractivity contribution in [1.82, 2.24) is 5.32 Å². The van der Waals surface area contributed by atoms with Gasteiger partial charge in [0.25, 0.3) is 0 Å².